The van der Waals surface area contributed by atoms with E-state index in [2.05, 4.69) is 69.5 Å². The molecule has 0 fully saturated rings. The maximum Gasteiger partial charge on any atom is 0.0404 e. The SMILES string of the molecule is c1ccc(CCN(CCCc2ccccn2)CCCc2ccccn2)cc1. The molecule has 3 aromatic rings. The molecule has 0 radical (unpaired) electrons. The summed E-state index contributed by atoms with van der Waals surface area (Å²) in [6.45, 7) is 3.34. The Balaban J connectivity index is 1.47. The van der Waals surface area contributed by atoms with Gasteiger partial charge in [0.25, 0.3) is 0 Å². The average Bonchev–Trinajstić information content (AvgIpc) is 2.74. The summed E-state index contributed by atoms with van der Waals surface area (Å²) in [5.74, 6) is 0. The van der Waals surface area contributed by atoms with Crippen molar-refractivity contribution in [2.24, 2.45) is 0 Å². The third-order valence-corrected chi connectivity index (χ3v) is 4.83. The number of aromatic nitrogens is 2. The quantitative estimate of drug-likeness (QED) is 0.501. The molecule has 140 valence electrons. The van der Waals surface area contributed by atoms with E-state index in [1.165, 1.54) is 17.0 Å². The Kier molecular flexibility index (Phi) is 8.02. The Hall–Kier alpha value is -2.52. The lowest BCUT2D eigenvalue weighted by Gasteiger charge is -2.22. The van der Waals surface area contributed by atoms with E-state index in [4.69, 9.17) is 0 Å². The Bertz CT molecular complexity index is 699. The fraction of sp³-hybridized carbons (Fsp3) is 0.333. The van der Waals surface area contributed by atoms with Crippen molar-refractivity contribution in [2.45, 2.75) is 32.1 Å². The molecule has 0 aliphatic rings. The van der Waals surface area contributed by atoms with Gasteiger partial charge in [0, 0.05) is 30.3 Å². The van der Waals surface area contributed by atoms with Crippen molar-refractivity contribution >= 4 is 0 Å². The number of hydrogen-bond acceptors (Lipinski definition) is 3. The summed E-state index contributed by atoms with van der Waals surface area (Å²) in [7, 11) is 0. The molecule has 3 nitrogen and oxygen atoms in total. The van der Waals surface area contributed by atoms with Crippen LogP contribution in [0, 0.1) is 0 Å². The van der Waals surface area contributed by atoms with Gasteiger partial charge in [-0.1, -0.05) is 42.5 Å². The molecule has 0 atom stereocenters. The van der Waals surface area contributed by atoms with Crippen LogP contribution in [0.3, 0.4) is 0 Å². The first-order valence-electron chi connectivity index (χ1n) is 9.96. The molecule has 0 bridgehead atoms. The van der Waals surface area contributed by atoms with Crippen LogP contribution in [0.25, 0.3) is 0 Å². The van der Waals surface area contributed by atoms with Crippen molar-refractivity contribution in [3.8, 4) is 0 Å². The van der Waals surface area contributed by atoms with Gasteiger partial charge < -0.3 is 4.90 Å². The molecule has 0 saturated heterocycles. The smallest absolute Gasteiger partial charge is 0.0404 e. The zero-order valence-corrected chi connectivity index (χ0v) is 16.0. The number of hydrogen-bond donors (Lipinski definition) is 0. The molecule has 0 N–H and O–H groups in total. The van der Waals surface area contributed by atoms with Crippen LogP contribution in [0.15, 0.2) is 79.1 Å². The zero-order valence-electron chi connectivity index (χ0n) is 16.0. The molecule has 2 aromatic heterocycles. The van der Waals surface area contributed by atoms with Crippen molar-refractivity contribution < 1.29 is 0 Å². The van der Waals surface area contributed by atoms with Gasteiger partial charge in [-0.2, -0.15) is 0 Å². The second kappa shape index (κ2) is 11.2. The topological polar surface area (TPSA) is 29.0 Å². The monoisotopic (exact) mass is 359 g/mol. The number of nitrogens with zero attached hydrogens (tertiary/aromatic N) is 3. The molecular formula is C24H29N3. The maximum absolute atomic E-state index is 4.44. The fourth-order valence-corrected chi connectivity index (χ4v) is 3.33. The van der Waals surface area contributed by atoms with Gasteiger partial charge in [0.1, 0.15) is 0 Å². The lowest BCUT2D eigenvalue weighted by Crippen LogP contribution is -2.29. The Morgan fingerprint density at radius 3 is 1.63 bits per heavy atom. The summed E-state index contributed by atoms with van der Waals surface area (Å²) in [6, 6.07) is 23.1. The number of pyridine rings is 2. The van der Waals surface area contributed by atoms with E-state index in [1.807, 2.05) is 24.5 Å². The van der Waals surface area contributed by atoms with Gasteiger partial charge in [-0.3, -0.25) is 9.97 Å². The molecule has 0 saturated carbocycles. The summed E-state index contributed by atoms with van der Waals surface area (Å²) in [5.41, 5.74) is 3.79. The predicted molar refractivity (Wildman–Crippen MR) is 112 cm³/mol. The summed E-state index contributed by atoms with van der Waals surface area (Å²) in [6.07, 6.45) is 9.26. The van der Waals surface area contributed by atoms with Crippen LogP contribution < -0.4 is 0 Å². The highest BCUT2D eigenvalue weighted by molar-refractivity contribution is 5.15. The number of benzene rings is 1. The fourth-order valence-electron chi connectivity index (χ4n) is 3.33. The zero-order chi connectivity index (χ0) is 18.6. The van der Waals surface area contributed by atoms with Gasteiger partial charge in [0.15, 0.2) is 0 Å². The van der Waals surface area contributed by atoms with E-state index in [-0.39, 0.29) is 0 Å². The Morgan fingerprint density at radius 1 is 0.556 bits per heavy atom. The molecule has 1 aromatic carbocycles. The lowest BCUT2D eigenvalue weighted by molar-refractivity contribution is 0.270. The average molecular weight is 360 g/mol. The first kappa shape index (κ1) is 19.2. The largest absolute Gasteiger partial charge is 0.303 e. The number of rotatable bonds is 11. The van der Waals surface area contributed by atoms with Crippen LogP contribution in [-0.4, -0.2) is 34.5 Å². The molecule has 0 aliphatic carbocycles. The highest BCUT2D eigenvalue weighted by atomic mass is 15.1. The van der Waals surface area contributed by atoms with Gasteiger partial charge in [-0.15, -0.1) is 0 Å². The Morgan fingerprint density at radius 2 is 1.11 bits per heavy atom. The van der Waals surface area contributed by atoms with Crippen molar-refractivity contribution in [3.63, 3.8) is 0 Å². The molecule has 3 heteroatoms. The molecular weight excluding hydrogens is 330 g/mol. The van der Waals surface area contributed by atoms with Crippen LogP contribution in [0.1, 0.15) is 29.8 Å². The van der Waals surface area contributed by atoms with E-state index in [1.54, 1.807) is 0 Å². The highest BCUT2D eigenvalue weighted by Crippen LogP contribution is 2.07. The number of aryl methyl sites for hydroxylation is 2. The normalized spacial score (nSPS) is 11.0. The summed E-state index contributed by atoms with van der Waals surface area (Å²) >= 11 is 0. The molecule has 0 spiro atoms. The standard InChI is InChI=1S/C24H29N3/c1-2-10-22(11-3-1)16-21-27(19-8-14-23-12-4-6-17-25-23)20-9-15-24-13-5-7-18-26-24/h1-7,10-13,17-18H,8-9,14-16,19-21H2. The lowest BCUT2D eigenvalue weighted by atomic mass is 10.1. The van der Waals surface area contributed by atoms with Crippen LogP contribution >= 0.6 is 0 Å². The van der Waals surface area contributed by atoms with Crippen molar-refractivity contribution in [1.82, 2.24) is 14.9 Å². The minimum Gasteiger partial charge on any atom is -0.303 e. The molecule has 0 amide bonds. The minimum absolute atomic E-state index is 1.04. The van der Waals surface area contributed by atoms with Crippen LogP contribution in [0.5, 0.6) is 0 Å². The van der Waals surface area contributed by atoms with Gasteiger partial charge in [0.2, 0.25) is 0 Å². The molecule has 0 aliphatic heterocycles. The maximum atomic E-state index is 4.44. The first-order chi connectivity index (χ1) is 13.4. The van der Waals surface area contributed by atoms with Gasteiger partial charge in [-0.25, -0.2) is 0 Å². The first-order valence-corrected chi connectivity index (χ1v) is 9.96. The summed E-state index contributed by atoms with van der Waals surface area (Å²) in [5, 5.41) is 0. The van der Waals surface area contributed by atoms with Gasteiger partial charge in [-0.05, 0) is 75.0 Å². The van der Waals surface area contributed by atoms with Crippen molar-refractivity contribution in [1.29, 1.82) is 0 Å². The van der Waals surface area contributed by atoms with E-state index >= 15 is 0 Å². The summed E-state index contributed by atoms with van der Waals surface area (Å²) < 4.78 is 0. The molecule has 27 heavy (non-hydrogen) atoms. The third kappa shape index (κ3) is 7.32. The van der Waals surface area contributed by atoms with Crippen molar-refractivity contribution in [2.75, 3.05) is 19.6 Å². The third-order valence-electron chi connectivity index (χ3n) is 4.83. The molecule has 0 unspecified atom stereocenters. The van der Waals surface area contributed by atoms with Crippen LogP contribution in [0.2, 0.25) is 0 Å². The predicted octanol–water partition coefficient (Wildman–Crippen LogP) is 4.59. The highest BCUT2D eigenvalue weighted by Gasteiger charge is 2.06. The molecule has 2 heterocycles. The van der Waals surface area contributed by atoms with Crippen LogP contribution in [0.4, 0.5) is 0 Å². The molecule has 3 rings (SSSR count). The van der Waals surface area contributed by atoms with Gasteiger partial charge >= 0.3 is 0 Å². The van der Waals surface area contributed by atoms with Gasteiger partial charge in [0.05, 0.1) is 0 Å². The van der Waals surface area contributed by atoms with E-state index in [0.29, 0.717) is 0 Å². The second-order valence-electron chi connectivity index (χ2n) is 6.93. The minimum atomic E-state index is 1.04. The van der Waals surface area contributed by atoms with E-state index in [0.717, 1.165) is 51.7 Å². The van der Waals surface area contributed by atoms with Crippen LogP contribution in [-0.2, 0) is 19.3 Å². The van der Waals surface area contributed by atoms with Crippen molar-refractivity contribution in [3.05, 3.63) is 96.1 Å². The van der Waals surface area contributed by atoms with E-state index in [9.17, 15) is 0 Å². The Labute approximate surface area is 163 Å². The van der Waals surface area contributed by atoms with E-state index < -0.39 is 0 Å². The second-order valence-corrected chi connectivity index (χ2v) is 6.93. The summed E-state index contributed by atoms with van der Waals surface area (Å²) in [4.78, 5) is 11.5.